The molecule has 11 heteroatoms. The van der Waals surface area contributed by atoms with Crippen molar-refractivity contribution in [2.24, 2.45) is 0 Å². The second kappa shape index (κ2) is 12.3. The number of alkyl halides is 3. The second-order valence-electron chi connectivity index (χ2n) is 9.11. The first-order chi connectivity index (χ1) is 18.6. The van der Waals surface area contributed by atoms with Crippen molar-refractivity contribution in [3.8, 4) is 11.5 Å². The summed E-state index contributed by atoms with van der Waals surface area (Å²) in [4.78, 5) is 27.0. The lowest BCUT2D eigenvalue weighted by Crippen LogP contribution is -2.45. The Balaban J connectivity index is 1.33. The van der Waals surface area contributed by atoms with Crippen LogP contribution in [0.3, 0.4) is 0 Å². The van der Waals surface area contributed by atoms with Gasteiger partial charge >= 0.3 is 18.2 Å². The number of amides is 4. The molecule has 7 nitrogen and oxygen atoms in total. The van der Waals surface area contributed by atoms with Crippen molar-refractivity contribution < 1.29 is 27.5 Å². The zero-order valence-electron chi connectivity index (χ0n) is 21.1. The summed E-state index contributed by atoms with van der Waals surface area (Å²) >= 11 is 5.61. The zero-order chi connectivity index (χ0) is 28.0. The highest BCUT2D eigenvalue weighted by molar-refractivity contribution is 6.31. The Bertz CT molecular complexity index is 1320. The highest BCUT2D eigenvalue weighted by Gasteiger charge is 2.33. The first-order valence-corrected chi connectivity index (χ1v) is 12.9. The van der Waals surface area contributed by atoms with E-state index in [1.807, 2.05) is 4.90 Å². The molecule has 3 aromatic rings. The molecule has 0 saturated carbocycles. The van der Waals surface area contributed by atoms with Crippen LogP contribution in [0.4, 0.5) is 39.8 Å². The normalized spacial score (nSPS) is 15.4. The summed E-state index contributed by atoms with van der Waals surface area (Å²) < 4.78 is 45.0. The Labute approximate surface area is 229 Å². The molecule has 4 amide bonds. The number of rotatable bonds is 6. The number of anilines is 3. The lowest BCUT2D eigenvalue weighted by molar-refractivity contribution is -0.137. The van der Waals surface area contributed by atoms with E-state index in [9.17, 15) is 22.8 Å². The van der Waals surface area contributed by atoms with E-state index in [0.717, 1.165) is 44.4 Å². The molecule has 1 aliphatic rings. The minimum absolute atomic E-state index is 0.0540. The van der Waals surface area contributed by atoms with Gasteiger partial charge in [-0.1, -0.05) is 24.6 Å². The number of hydrogen-bond acceptors (Lipinski definition) is 3. The lowest BCUT2D eigenvalue weighted by Gasteiger charge is -2.35. The number of urea groups is 2. The minimum Gasteiger partial charge on any atom is -0.457 e. The Morgan fingerprint density at radius 2 is 1.62 bits per heavy atom. The van der Waals surface area contributed by atoms with E-state index in [1.165, 1.54) is 6.07 Å². The third kappa shape index (κ3) is 7.57. The van der Waals surface area contributed by atoms with Crippen LogP contribution in [-0.4, -0.2) is 29.5 Å². The van der Waals surface area contributed by atoms with Crippen LogP contribution < -0.4 is 20.7 Å². The van der Waals surface area contributed by atoms with Crippen LogP contribution in [-0.2, 0) is 6.18 Å². The predicted molar refractivity (Wildman–Crippen MR) is 146 cm³/mol. The van der Waals surface area contributed by atoms with Crippen molar-refractivity contribution >= 4 is 40.7 Å². The fraction of sp³-hybridized carbons (Fsp3) is 0.286. The summed E-state index contributed by atoms with van der Waals surface area (Å²) in [5, 5.41) is 7.41. The zero-order valence-corrected chi connectivity index (χ0v) is 21.9. The molecule has 0 spiro atoms. The number of nitrogens with one attached hydrogen (secondary N) is 3. The molecule has 1 aliphatic heterocycles. The van der Waals surface area contributed by atoms with Crippen molar-refractivity contribution in [1.82, 2.24) is 4.90 Å². The number of ether oxygens (including phenoxy) is 1. The smallest absolute Gasteiger partial charge is 0.417 e. The van der Waals surface area contributed by atoms with Crippen molar-refractivity contribution in [1.29, 1.82) is 0 Å². The van der Waals surface area contributed by atoms with E-state index >= 15 is 0 Å². The Morgan fingerprint density at radius 1 is 0.923 bits per heavy atom. The SMILES string of the molecule is CCC1CCCCN1C(=O)Nc1cccc(Oc2ccc(NC(=O)Nc3ccc(Cl)c(C(F)(F)F)c3)cc2)c1. The van der Waals surface area contributed by atoms with Crippen molar-refractivity contribution in [3.63, 3.8) is 0 Å². The van der Waals surface area contributed by atoms with Gasteiger partial charge in [-0.15, -0.1) is 0 Å². The van der Waals surface area contributed by atoms with Gasteiger partial charge in [0.2, 0.25) is 0 Å². The van der Waals surface area contributed by atoms with Gasteiger partial charge in [-0.2, -0.15) is 13.2 Å². The summed E-state index contributed by atoms with van der Waals surface area (Å²) in [6.45, 7) is 2.83. The number of likely N-dealkylation sites (tertiary alicyclic amines) is 1. The molecule has 1 fully saturated rings. The quantitative estimate of drug-likeness (QED) is 0.282. The van der Waals surface area contributed by atoms with Gasteiger partial charge in [0.25, 0.3) is 0 Å². The average Bonchev–Trinajstić information content (AvgIpc) is 2.90. The summed E-state index contributed by atoms with van der Waals surface area (Å²) in [5.41, 5.74) is -0.0768. The number of nitrogens with zero attached hydrogens (tertiary/aromatic N) is 1. The molecule has 1 heterocycles. The summed E-state index contributed by atoms with van der Waals surface area (Å²) in [6, 6.07) is 16.0. The van der Waals surface area contributed by atoms with Crippen LogP contribution in [0.15, 0.2) is 66.7 Å². The molecule has 1 saturated heterocycles. The molecule has 1 unspecified atom stereocenters. The van der Waals surface area contributed by atoms with E-state index < -0.39 is 22.8 Å². The summed E-state index contributed by atoms with van der Waals surface area (Å²) in [5.74, 6) is 0.999. The fourth-order valence-electron chi connectivity index (χ4n) is 4.38. The predicted octanol–water partition coefficient (Wildman–Crippen LogP) is 8.59. The van der Waals surface area contributed by atoms with Gasteiger partial charge in [-0.05, 0) is 80.3 Å². The third-order valence-electron chi connectivity index (χ3n) is 6.32. The van der Waals surface area contributed by atoms with E-state index in [-0.39, 0.29) is 17.8 Å². The van der Waals surface area contributed by atoms with Gasteiger partial charge < -0.3 is 25.6 Å². The molecule has 3 N–H and O–H groups in total. The van der Waals surface area contributed by atoms with Gasteiger partial charge in [0, 0.05) is 35.7 Å². The molecular weight excluding hydrogens is 533 g/mol. The standard InChI is InChI=1S/C28H28ClF3N4O3/c1-2-21-7-3-4-15-36(21)27(38)35-19-6-5-8-23(16-19)39-22-12-9-18(10-13-22)33-26(37)34-20-11-14-25(29)24(17-20)28(30,31)32/h5-6,8-14,16-17,21H,2-4,7,15H2,1H3,(H,35,38)(H2,33,34,37). The highest BCUT2D eigenvalue weighted by Crippen LogP contribution is 2.36. The maximum Gasteiger partial charge on any atom is 0.417 e. The third-order valence-corrected chi connectivity index (χ3v) is 6.65. The fourth-order valence-corrected chi connectivity index (χ4v) is 4.61. The van der Waals surface area contributed by atoms with Gasteiger partial charge in [-0.25, -0.2) is 9.59 Å². The number of hydrogen-bond donors (Lipinski definition) is 3. The summed E-state index contributed by atoms with van der Waals surface area (Å²) in [6.07, 6.45) is -0.573. The summed E-state index contributed by atoms with van der Waals surface area (Å²) in [7, 11) is 0. The first kappa shape index (κ1) is 28.1. The molecule has 3 aromatic carbocycles. The first-order valence-electron chi connectivity index (χ1n) is 12.5. The Morgan fingerprint density at radius 3 is 2.33 bits per heavy atom. The number of carbonyl (C=O) groups is 2. The van der Waals surface area contributed by atoms with E-state index in [1.54, 1.807) is 48.5 Å². The molecule has 0 aromatic heterocycles. The van der Waals surface area contributed by atoms with E-state index in [4.69, 9.17) is 16.3 Å². The van der Waals surface area contributed by atoms with E-state index in [2.05, 4.69) is 22.9 Å². The minimum atomic E-state index is -4.64. The van der Waals surface area contributed by atoms with Gasteiger partial charge in [-0.3, -0.25) is 0 Å². The maximum absolute atomic E-state index is 13.0. The number of halogens is 4. The van der Waals surface area contributed by atoms with Crippen LogP contribution in [0.5, 0.6) is 11.5 Å². The van der Waals surface area contributed by atoms with E-state index in [0.29, 0.717) is 22.9 Å². The van der Waals surface area contributed by atoms with Gasteiger partial charge in [0.05, 0.1) is 10.6 Å². The van der Waals surface area contributed by atoms with Crippen LogP contribution in [0.2, 0.25) is 5.02 Å². The Kier molecular flexibility index (Phi) is 8.86. The lowest BCUT2D eigenvalue weighted by atomic mass is 10.0. The molecule has 39 heavy (non-hydrogen) atoms. The molecule has 1 atom stereocenters. The topological polar surface area (TPSA) is 82.7 Å². The number of piperidine rings is 1. The van der Waals surface area contributed by atoms with Crippen LogP contribution >= 0.6 is 11.6 Å². The van der Waals surface area contributed by atoms with Crippen molar-refractivity contribution in [2.45, 2.75) is 44.8 Å². The molecule has 206 valence electrons. The molecular formula is C28H28ClF3N4O3. The maximum atomic E-state index is 13.0. The van der Waals surface area contributed by atoms with Crippen molar-refractivity contribution in [3.05, 3.63) is 77.3 Å². The average molecular weight is 561 g/mol. The van der Waals surface area contributed by atoms with Gasteiger partial charge in [0.1, 0.15) is 11.5 Å². The molecule has 4 rings (SSSR count). The Hall–Kier alpha value is -3.92. The number of carbonyl (C=O) groups excluding carboxylic acids is 2. The van der Waals surface area contributed by atoms with Gasteiger partial charge in [0.15, 0.2) is 0 Å². The highest BCUT2D eigenvalue weighted by atomic mass is 35.5. The van der Waals surface area contributed by atoms with Crippen LogP contribution in [0.1, 0.15) is 38.2 Å². The second-order valence-corrected chi connectivity index (χ2v) is 9.51. The molecule has 0 bridgehead atoms. The van der Waals surface area contributed by atoms with Crippen LogP contribution in [0, 0.1) is 0 Å². The monoisotopic (exact) mass is 560 g/mol. The molecule has 0 aliphatic carbocycles. The van der Waals surface area contributed by atoms with Crippen LogP contribution in [0.25, 0.3) is 0 Å². The van der Waals surface area contributed by atoms with Crippen molar-refractivity contribution in [2.75, 3.05) is 22.5 Å². The number of benzene rings is 3. The molecule has 0 radical (unpaired) electrons. The largest absolute Gasteiger partial charge is 0.457 e.